The minimum Gasteiger partial charge on any atom is -0.833 e. The van der Waals surface area contributed by atoms with E-state index < -0.39 is 29.3 Å². The first kappa shape index (κ1) is 10.6. The van der Waals surface area contributed by atoms with E-state index in [0.717, 1.165) is 0 Å². The van der Waals surface area contributed by atoms with Crippen molar-refractivity contribution in [1.82, 2.24) is 0 Å². The topological polar surface area (TPSA) is 92.3 Å². The predicted octanol–water partition coefficient (Wildman–Crippen LogP) is -4.25. The van der Waals surface area contributed by atoms with Crippen LogP contribution in [0, 0.1) is 0 Å². The van der Waals surface area contributed by atoms with Crippen LogP contribution in [0.2, 0.25) is 0 Å². The second kappa shape index (κ2) is 4.14. The van der Waals surface area contributed by atoms with Gasteiger partial charge in [0.05, 0.1) is 0 Å². The minimum absolute atomic E-state index is 0. The molecule has 0 aromatic rings. The average molecular weight is 219 g/mol. The molecule has 2 rings (SSSR count). The van der Waals surface area contributed by atoms with E-state index in [-0.39, 0.29) is 17.1 Å². The Kier molecular flexibility index (Phi) is 3.65. The summed E-state index contributed by atoms with van der Waals surface area (Å²) in [7, 11) is -6.00. The first-order chi connectivity index (χ1) is 5.24. The van der Waals surface area contributed by atoms with Crippen molar-refractivity contribution in [2.24, 2.45) is 0 Å². The normalized spacial score (nSPS) is 22.5. The molecule has 0 aromatic heterocycles. The molecule has 1 radical (unpaired) electrons. The zero-order valence-electron chi connectivity index (χ0n) is 5.47. The molecule has 12 heteroatoms. The molecular weight excluding hydrogens is 219 g/mol. The van der Waals surface area contributed by atoms with E-state index in [1.54, 1.807) is 0 Å². The van der Waals surface area contributed by atoms with E-state index >= 15 is 0 Å². The Morgan fingerprint density at radius 2 is 1.00 bits per heavy atom. The van der Waals surface area contributed by atoms with Crippen LogP contribution in [-0.2, 0) is 39.9 Å². The van der Waals surface area contributed by atoms with Crippen LogP contribution in [0.3, 0.4) is 0 Å². The molecule has 2 aliphatic rings. The van der Waals surface area contributed by atoms with E-state index in [1.807, 2.05) is 0 Å². The van der Waals surface area contributed by atoms with E-state index in [1.165, 1.54) is 0 Å². The summed E-state index contributed by atoms with van der Waals surface area (Å²) < 4.78 is 21.9. The SMILES string of the molecule is [Cu+2].[O-]B1OB2OB([O-])OB(O1)O2. The summed E-state index contributed by atoms with van der Waals surface area (Å²) in [6, 6.07) is 0. The zero-order valence-corrected chi connectivity index (χ0v) is 6.41. The molecule has 65 valence electrons. The van der Waals surface area contributed by atoms with Crippen LogP contribution in [0.25, 0.3) is 0 Å². The summed E-state index contributed by atoms with van der Waals surface area (Å²) >= 11 is 0. The molecule has 0 saturated carbocycles. The van der Waals surface area contributed by atoms with Gasteiger partial charge in [0.2, 0.25) is 0 Å². The first-order valence-electron chi connectivity index (χ1n) is 2.83. The Bertz CT molecular complexity index is 121. The van der Waals surface area contributed by atoms with E-state index in [0.29, 0.717) is 0 Å². The fraction of sp³-hybridized carbons (Fsp3) is 0. The van der Waals surface area contributed by atoms with Crippen molar-refractivity contribution in [2.45, 2.75) is 0 Å². The van der Waals surface area contributed by atoms with Crippen molar-refractivity contribution in [2.75, 3.05) is 0 Å². The molecule has 0 unspecified atom stereocenters. The molecule has 0 spiro atoms. The van der Waals surface area contributed by atoms with Crippen LogP contribution in [0.15, 0.2) is 0 Å². The maximum absolute atomic E-state index is 10.5. The second-order valence-electron chi connectivity index (χ2n) is 1.84. The van der Waals surface area contributed by atoms with Gasteiger partial charge in [0.15, 0.2) is 0 Å². The van der Waals surface area contributed by atoms with Crippen molar-refractivity contribution in [3.8, 4) is 0 Å². The van der Waals surface area contributed by atoms with Crippen LogP contribution < -0.4 is 10.0 Å². The summed E-state index contributed by atoms with van der Waals surface area (Å²) in [6.07, 6.45) is 0. The average Bonchev–Trinajstić information content (AvgIpc) is 1.82. The van der Waals surface area contributed by atoms with Gasteiger partial charge in [-0.05, 0) is 0 Å². The van der Waals surface area contributed by atoms with Crippen molar-refractivity contribution in [3.05, 3.63) is 0 Å². The van der Waals surface area contributed by atoms with Gasteiger partial charge in [-0.25, -0.2) is 0 Å². The molecule has 2 heterocycles. The quantitative estimate of drug-likeness (QED) is 0.381. The third-order valence-electron chi connectivity index (χ3n) is 1.11. The molecule has 2 bridgehead atoms. The standard InChI is InChI=1S/B4O7.Cu/c5-1-7-3-9-2(6)10-4(8-1)11-3;/q-2;+2. The second-order valence-corrected chi connectivity index (χ2v) is 1.84. The van der Waals surface area contributed by atoms with Gasteiger partial charge < -0.3 is 32.9 Å². The molecule has 7 nitrogen and oxygen atoms in total. The van der Waals surface area contributed by atoms with Gasteiger partial charge in [0.25, 0.3) is 0 Å². The van der Waals surface area contributed by atoms with Crippen LogP contribution >= 0.6 is 0 Å². The zero-order chi connectivity index (χ0) is 7.84. The molecule has 0 aromatic carbocycles. The fourth-order valence-electron chi connectivity index (χ4n) is 0.710. The Hall–Kier alpha value is 0.499. The number of fused-ring (bicyclic) bond motifs is 2. The summed E-state index contributed by atoms with van der Waals surface area (Å²) in [5, 5.41) is 21.0. The van der Waals surface area contributed by atoms with Crippen molar-refractivity contribution in [3.63, 3.8) is 0 Å². The summed E-state index contributed by atoms with van der Waals surface area (Å²) in [5.41, 5.74) is 0. The molecule has 2 fully saturated rings. The van der Waals surface area contributed by atoms with Crippen LogP contribution in [0.1, 0.15) is 0 Å². The molecule has 0 aliphatic carbocycles. The summed E-state index contributed by atoms with van der Waals surface area (Å²) in [4.78, 5) is 0. The molecule has 0 N–H and O–H groups in total. The molecule has 12 heavy (non-hydrogen) atoms. The van der Waals surface area contributed by atoms with Gasteiger partial charge in [-0.3, -0.25) is 0 Å². The van der Waals surface area contributed by atoms with Crippen LogP contribution in [0.5, 0.6) is 0 Å². The van der Waals surface area contributed by atoms with Crippen molar-refractivity contribution >= 4 is 29.3 Å². The molecule has 0 atom stereocenters. The monoisotopic (exact) mass is 219 g/mol. The third kappa shape index (κ3) is 2.25. The van der Waals surface area contributed by atoms with Gasteiger partial charge in [0, 0.05) is 0 Å². The van der Waals surface area contributed by atoms with Gasteiger partial charge in [-0.1, -0.05) is 0 Å². The predicted molar refractivity (Wildman–Crippen MR) is 28.4 cm³/mol. The van der Waals surface area contributed by atoms with Gasteiger partial charge >= 0.3 is 46.4 Å². The Balaban J connectivity index is 0.000000720. The van der Waals surface area contributed by atoms with Crippen LogP contribution in [0.4, 0.5) is 0 Å². The smallest absolute Gasteiger partial charge is 0.833 e. The molecule has 2 saturated heterocycles. The summed E-state index contributed by atoms with van der Waals surface area (Å²) in [6.45, 7) is 0. The Morgan fingerprint density at radius 3 is 1.33 bits per heavy atom. The fourth-order valence-corrected chi connectivity index (χ4v) is 0.710. The number of rotatable bonds is 0. The summed E-state index contributed by atoms with van der Waals surface area (Å²) in [5.74, 6) is 0. The van der Waals surface area contributed by atoms with Crippen molar-refractivity contribution in [1.29, 1.82) is 0 Å². The van der Waals surface area contributed by atoms with E-state index in [9.17, 15) is 10.0 Å². The minimum atomic E-state index is -1.73. The molecular formula is B4CuO7. The van der Waals surface area contributed by atoms with E-state index in [4.69, 9.17) is 0 Å². The Labute approximate surface area is 79.8 Å². The number of hydrogen-bond acceptors (Lipinski definition) is 7. The van der Waals surface area contributed by atoms with Gasteiger partial charge in [-0.15, -0.1) is 0 Å². The Morgan fingerprint density at radius 1 is 0.667 bits per heavy atom. The molecule has 0 amide bonds. The van der Waals surface area contributed by atoms with Crippen molar-refractivity contribution < 1.29 is 50.0 Å². The van der Waals surface area contributed by atoms with Gasteiger partial charge in [-0.2, -0.15) is 0 Å². The van der Waals surface area contributed by atoms with E-state index in [2.05, 4.69) is 22.9 Å². The van der Waals surface area contributed by atoms with Gasteiger partial charge in [0.1, 0.15) is 0 Å². The number of hydrogen-bond donors (Lipinski definition) is 0. The van der Waals surface area contributed by atoms with Crippen LogP contribution in [-0.4, -0.2) is 29.3 Å². The third-order valence-corrected chi connectivity index (χ3v) is 1.11. The first-order valence-corrected chi connectivity index (χ1v) is 2.83. The maximum Gasteiger partial charge on any atom is 2.00 e. The maximum atomic E-state index is 10.5. The molecule has 2 aliphatic heterocycles. The largest absolute Gasteiger partial charge is 2.00 e.